The monoisotopic (exact) mass is 446 g/mol. The second-order valence-corrected chi connectivity index (χ2v) is 9.28. The van der Waals surface area contributed by atoms with E-state index in [-0.39, 0.29) is 23.9 Å². The zero-order valence-electron chi connectivity index (χ0n) is 16.9. The topological polar surface area (TPSA) is 75.2 Å². The fourth-order valence-corrected chi connectivity index (χ4v) is 5.23. The molecule has 2 aromatic rings. The van der Waals surface area contributed by atoms with Crippen LogP contribution in [-0.4, -0.2) is 38.4 Å². The first-order valence-electron chi connectivity index (χ1n) is 10.8. The Hall–Kier alpha value is -1.99. The van der Waals surface area contributed by atoms with Crippen LogP contribution in [-0.2, 0) is 4.79 Å². The summed E-state index contributed by atoms with van der Waals surface area (Å²) >= 11 is 7.25. The van der Waals surface area contributed by atoms with E-state index in [0.29, 0.717) is 10.7 Å². The summed E-state index contributed by atoms with van der Waals surface area (Å²) in [7, 11) is 0. The number of carbonyl (C=O) groups excluding carboxylic acids is 2. The lowest BCUT2D eigenvalue weighted by molar-refractivity contribution is -0.127. The third kappa shape index (κ3) is 4.83. The summed E-state index contributed by atoms with van der Waals surface area (Å²) in [6, 6.07) is 6.73. The molecule has 8 heteroatoms. The number of hydrogen-bond acceptors (Lipinski definition) is 5. The first-order valence-corrected chi connectivity index (χ1v) is 12.0. The van der Waals surface area contributed by atoms with Crippen molar-refractivity contribution >= 4 is 34.9 Å². The lowest BCUT2D eigenvalue weighted by Crippen LogP contribution is -2.50. The number of aromatic nitrogens is 2. The van der Waals surface area contributed by atoms with E-state index >= 15 is 0 Å². The Bertz CT molecular complexity index is 847. The first kappa shape index (κ1) is 21.2. The van der Waals surface area contributed by atoms with Crippen LogP contribution in [0.1, 0.15) is 79.9 Å². The Morgan fingerprint density at radius 2 is 1.70 bits per heavy atom. The second kappa shape index (κ2) is 9.88. The second-order valence-electron chi connectivity index (χ2n) is 8.24. The van der Waals surface area contributed by atoms with Crippen LogP contribution >= 0.6 is 23.1 Å². The molecule has 6 nitrogen and oxygen atoms in total. The van der Waals surface area contributed by atoms with Crippen LogP contribution < -0.4 is 5.32 Å². The third-order valence-electron chi connectivity index (χ3n) is 6.20. The number of rotatable bonds is 6. The molecule has 30 heavy (non-hydrogen) atoms. The van der Waals surface area contributed by atoms with Gasteiger partial charge in [-0.05, 0) is 54.9 Å². The Morgan fingerprint density at radius 1 is 1.03 bits per heavy atom. The summed E-state index contributed by atoms with van der Waals surface area (Å²) in [4.78, 5) is 28.8. The van der Waals surface area contributed by atoms with Crippen molar-refractivity contribution in [2.45, 2.75) is 75.9 Å². The Morgan fingerprint density at radius 3 is 2.33 bits per heavy atom. The zero-order valence-corrected chi connectivity index (χ0v) is 18.5. The molecule has 4 rings (SSSR count). The van der Waals surface area contributed by atoms with Gasteiger partial charge in [0.1, 0.15) is 6.04 Å². The molecule has 1 heterocycles. The number of halogens is 1. The summed E-state index contributed by atoms with van der Waals surface area (Å²) in [5.41, 5.74) is 1.08. The molecule has 2 amide bonds. The van der Waals surface area contributed by atoms with Crippen molar-refractivity contribution in [3.8, 4) is 0 Å². The summed E-state index contributed by atoms with van der Waals surface area (Å²) in [5.74, 6) is -0.345. The highest BCUT2D eigenvalue weighted by Gasteiger charge is 2.39. The van der Waals surface area contributed by atoms with Gasteiger partial charge in [0.2, 0.25) is 5.91 Å². The molecule has 0 aliphatic heterocycles. The minimum absolute atomic E-state index is 0.0111. The highest BCUT2D eigenvalue weighted by molar-refractivity contribution is 7.03. The van der Waals surface area contributed by atoms with Crippen LogP contribution in [0, 0.1) is 0 Å². The van der Waals surface area contributed by atoms with Gasteiger partial charge >= 0.3 is 0 Å². The van der Waals surface area contributed by atoms with Crippen molar-refractivity contribution in [3.05, 3.63) is 45.9 Å². The summed E-state index contributed by atoms with van der Waals surface area (Å²) < 4.78 is 3.86. The molecule has 0 radical (unpaired) electrons. The van der Waals surface area contributed by atoms with Gasteiger partial charge in [-0.15, -0.1) is 5.10 Å². The predicted molar refractivity (Wildman–Crippen MR) is 118 cm³/mol. The fourth-order valence-electron chi connectivity index (χ4n) is 4.68. The van der Waals surface area contributed by atoms with Crippen molar-refractivity contribution in [2.24, 2.45) is 0 Å². The minimum Gasteiger partial charge on any atom is -0.351 e. The normalized spacial score (nSPS) is 18.8. The molecule has 2 fully saturated rings. The number of hydrogen-bond donors (Lipinski definition) is 1. The number of amides is 2. The van der Waals surface area contributed by atoms with Gasteiger partial charge in [0.25, 0.3) is 5.91 Å². The van der Waals surface area contributed by atoms with Gasteiger partial charge in [-0.25, -0.2) is 0 Å². The number of carbonyl (C=O) groups is 2. The quantitative estimate of drug-likeness (QED) is 0.693. The van der Waals surface area contributed by atoms with Gasteiger partial charge in [0.15, 0.2) is 5.69 Å². The fraction of sp³-hybridized carbons (Fsp3) is 0.545. The SMILES string of the molecule is O=C(NC1CCCCC1)[C@H](c1ccc(Cl)cc1)N(C(=O)c1csnn1)C1CCCC1. The molecule has 160 valence electrons. The van der Waals surface area contributed by atoms with Gasteiger partial charge in [0, 0.05) is 22.5 Å². The molecule has 1 atom stereocenters. The maximum Gasteiger partial charge on any atom is 0.276 e. The van der Waals surface area contributed by atoms with E-state index in [2.05, 4.69) is 14.9 Å². The van der Waals surface area contributed by atoms with E-state index in [4.69, 9.17) is 11.6 Å². The van der Waals surface area contributed by atoms with E-state index in [1.54, 1.807) is 22.4 Å². The molecule has 1 aromatic heterocycles. The van der Waals surface area contributed by atoms with Crippen LogP contribution in [0.3, 0.4) is 0 Å². The van der Waals surface area contributed by atoms with Crippen LogP contribution in [0.4, 0.5) is 0 Å². The summed E-state index contributed by atoms with van der Waals surface area (Å²) in [6.07, 6.45) is 9.37. The van der Waals surface area contributed by atoms with Crippen molar-refractivity contribution in [1.82, 2.24) is 19.8 Å². The van der Waals surface area contributed by atoms with Gasteiger partial charge in [-0.2, -0.15) is 0 Å². The molecule has 1 N–H and O–H groups in total. The van der Waals surface area contributed by atoms with Crippen LogP contribution in [0.15, 0.2) is 29.6 Å². The molecule has 0 unspecified atom stereocenters. The summed E-state index contributed by atoms with van der Waals surface area (Å²) in [5, 5.41) is 9.49. The van der Waals surface area contributed by atoms with Crippen molar-refractivity contribution < 1.29 is 9.59 Å². The standard InChI is InChI=1S/C22H27ClN4O2S/c23-16-12-10-15(11-13-16)20(21(28)24-17-6-2-1-3-7-17)27(18-8-4-5-9-18)22(29)19-14-30-26-25-19/h10-14,17-18,20H,1-9H2,(H,24,28)/t20-/m0/s1. The van der Waals surface area contributed by atoms with Crippen LogP contribution in [0.25, 0.3) is 0 Å². The smallest absolute Gasteiger partial charge is 0.276 e. The van der Waals surface area contributed by atoms with Gasteiger partial charge in [0.05, 0.1) is 0 Å². The number of nitrogens with one attached hydrogen (secondary N) is 1. The van der Waals surface area contributed by atoms with Crippen LogP contribution in [0.5, 0.6) is 0 Å². The van der Waals surface area contributed by atoms with Gasteiger partial charge in [-0.3, -0.25) is 9.59 Å². The average Bonchev–Trinajstić information content (AvgIpc) is 3.47. The van der Waals surface area contributed by atoms with Gasteiger partial charge < -0.3 is 10.2 Å². The van der Waals surface area contributed by atoms with Gasteiger partial charge in [-0.1, -0.05) is 60.3 Å². The predicted octanol–water partition coefficient (Wildman–Crippen LogP) is 4.77. The van der Waals surface area contributed by atoms with E-state index < -0.39 is 6.04 Å². The van der Waals surface area contributed by atoms with E-state index in [0.717, 1.165) is 68.5 Å². The molecule has 0 saturated heterocycles. The highest BCUT2D eigenvalue weighted by atomic mass is 35.5. The summed E-state index contributed by atoms with van der Waals surface area (Å²) in [6.45, 7) is 0. The zero-order chi connectivity index (χ0) is 20.9. The number of nitrogens with zero attached hydrogens (tertiary/aromatic N) is 3. The molecule has 0 bridgehead atoms. The van der Waals surface area contributed by atoms with E-state index in [9.17, 15) is 9.59 Å². The molecule has 0 spiro atoms. The van der Waals surface area contributed by atoms with Crippen LogP contribution in [0.2, 0.25) is 5.02 Å². The highest BCUT2D eigenvalue weighted by Crippen LogP contribution is 2.34. The van der Waals surface area contributed by atoms with Crippen molar-refractivity contribution in [3.63, 3.8) is 0 Å². The maximum atomic E-state index is 13.6. The van der Waals surface area contributed by atoms with E-state index in [1.165, 1.54) is 6.42 Å². The average molecular weight is 447 g/mol. The lowest BCUT2D eigenvalue weighted by Gasteiger charge is -2.36. The molecule has 2 aliphatic rings. The Balaban J connectivity index is 1.69. The van der Waals surface area contributed by atoms with E-state index in [1.807, 2.05) is 12.1 Å². The molecular weight excluding hydrogens is 420 g/mol. The third-order valence-corrected chi connectivity index (χ3v) is 6.95. The van der Waals surface area contributed by atoms with Crippen molar-refractivity contribution in [1.29, 1.82) is 0 Å². The van der Waals surface area contributed by atoms with Crippen molar-refractivity contribution in [2.75, 3.05) is 0 Å². The first-order chi connectivity index (χ1) is 14.6. The molecular formula is C22H27ClN4O2S. The lowest BCUT2D eigenvalue weighted by atomic mass is 9.94. The Kier molecular flexibility index (Phi) is 7.00. The largest absolute Gasteiger partial charge is 0.351 e. The maximum absolute atomic E-state index is 13.6. The molecule has 1 aromatic carbocycles. The number of benzene rings is 1. The molecule has 2 saturated carbocycles. The minimum atomic E-state index is -0.707. The Labute approximate surface area is 186 Å². The molecule has 2 aliphatic carbocycles.